The van der Waals surface area contributed by atoms with Crippen molar-refractivity contribution in [1.82, 2.24) is 9.97 Å². The van der Waals surface area contributed by atoms with Gasteiger partial charge in [-0.05, 0) is 26.2 Å². The summed E-state index contributed by atoms with van der Waals surface area (Å²) in [5.74, 6) is 3.47. The first kappa shape index (κ1) is 15.2. The van der Waals surface area contributed by atoms with E-state index in [4.69, 9.17) is 0 Å². The van der Waals surface area contributed by atoms with E-state index in [1.54, 1.807) is 6.33 Å². The lowest BCUT2D eigenvalue weighted by Gasteiger charge is -2.24. The molecule has 6 heteroatoms. The third-order valence-electron chi connectivity index (χ3n) is 3.52. The first-order valence-electron chi connectivity index (χ1n) is 7.43. The van der Waals surface area contributed by atoms with Gasteiger partial charge in [-0.1, -0.05) is 13.3 Å². The maximum absolute atomic E-state index is 11.4. The van der Waals surface area contributed by atoms with Gasteiger partial charge in [0.1, 0.15) is 18.0 Å². The molecule has 0 bridgehead atoms. The molecule has 1 aromatic heterocycles. The van der Waals surface area contributed by atoms with Gasteiger partial charge in [-0.3, -0.25) is 4.21 Å². The minimum absolute atomic E-state index is 0.382. The third kappa shape index (κ3) is 3.91. The van der Waals surface area contributed by atoms with Crippen LogP contribution in [0, 0.1) is 0 Å². The van der Waals surface area contributed by atoms with Crippen molar-refractivity contribution in [2.75, 3.05) is 28.7 Å². The van der Waals surface area contributed by atoms with Crippen molar-refractivity contribution < 1.29 is 4.21 Å². The molecule has 0 atom stereocenters. The van der Waals surface area contributed by atoms with Crippen LogP contribution >= 0.6 is 0 Å². The van der Waals surface area contributed by atoms with Crippen LogP contribution in [0.5, 0.6) is 0 Å². The highest BCUT2D eigenvalue weighted by atomic mass is 32.2. The fourth-order valence-electron chi connectivity index (χ4n) is 2.47. The van der Waals surface area contributed by atoms with E-state index >= 15 is 0 Å². The molecule has 0 spiro atoms. The molecule has 0 saturated carbocycles. The van der Waals surface area contributed by atoms with Gasteiger partial charge in [0.2, 0.25) is 0 Å². The van der Waals surface area contributed by atoms with E-state index in [9.17, 15) is 4.21 Å². The van der Waals surface area contributed by atoms with E-state index in [1.807, 2.05) is 0 Å². The lowest BCUT2D eigenvalue weighted by Crippen LogP contribution is -2.30. The number of aromatic nitrogens is 2. The Morgan fingerprint density at radius 3 is 2.60 bits per heavy atom. The van der Waals surface area contributed by atoms with Gasteiger partial charge in [0.15, 0.2) is 0 Å². The zero-order valence-electron chi connectivity index (χ0n) is 12.3. The molecule has 2 rings (SSSR count). The highest BCUT2D eigenvalue weighted by Gasteiger charge is 2.20. The highest BCUT2D eigenvalue weighted by molar-refractivity contribution is 7.85. The van der Waals surface area contributed by atoms with Crippen molar-refractivity contribution in [1.29, 1.82) is 0 Å². The zero-order chi connectivity index (χ0) is 14.4. The molecule has 0 amide bonds. The topological polar surface area (TPSA) is 66.9 Å². The van der Waals surface area contributed by atoms with E-state index in [0.717, 1.165) is 55.4 Å². The quantitative estimate of drug-likeness (QED) is 0.842. The van der Waals surface area contributed by atoms with Gasteiger partial charge >= 0.3 is 0 Å². The molecule has 0 aromatic carbocycles. The monoisotopic (exact) mass is 296 g/mol. The average molecular weight is 296 g/mol. The first-order chi connectivity index (χ1) is 9.74. The Bertz CT molecular complexity index is 456. The van der Waals surface area contributed by atoms with E-state index in [0.29, 0.717) is 6.04 Å². The largest absolute Gasteiger partial charge is 0.370 e. The molecule has 0 radical (unpaired) electrons. The van der Waals surface area contributed by atoms with Crippen molar-refractivity contribution >= 4 is 22.4 Å². The summed E-state index contributed by atoms with van der Waals surface area (Å²) in [5, 5.41) is 6.83. The summed E-state index contributed by atoms with van der Waals surface area (Å²) in [4.78, 5) is 8.76. The molecule has 1 fully saturated rings. The maximum Gasteiger partial charge on any atom is 0.134 e. The van der Waals surface area contributed by atoms with Crippen LogP contribution in [0.1, 0.15) is 38.7 Å². The van der Waals surface area contributed by atoms with Gasteiger partial charge in [0.25, 0.3) is 0 Å². The molecule has 2 heterocycles. The van der Waals surface area contributed by atoms with Gasteiger partial charge in [0, 0.05) is 40.5 Å². The molecular formula is C14H24N4OS. The fraction of sp³-hybridized carbons (Fsp3) is 0.714. The second kappa shape index (κ2) is 7.57. The van der Waals surface area contributed by atoms with Crippen molar-refractivity contribution in [2.24, 2.45) is 0 Å². The molecule has 0 unspecified atom stereocenters. The van der Waals surface area contributed by atoms with E-state index in [1.165, 1.54) is 5.56 Å². The molecule has 0 aliphatic carbocycles. The number of nitrogens with zero attached hydrogens (tertiary/aromatic N) is 2. The number of hydrogen-bond donors (Lipinski definition) is 2. The van der Waals surface area contributed by atoms with Gasteiger partial charge in [-0.25, -0.2) is 9.97 Å². The second-order valence-corrected chi connectivity index (χ2v) is 6.79. The van der Waals surface area contributed by atoms with Crippen molar-refractivity contribution in [2.45, 2.75) is 45.6 Å². The van der Waals surface area contributed by atoms with Crippen molar-refractivity contribution in [3.63, 3.8) is 0 Å². The predicted molar refractivity (Wildman–Crippen MR) is 84.7 cm³/mol. The van der Waals surface area contributed by atoms with Crippen LogP contribution < -0.4 is 10.6 Å². The molecule has 1 aromatic rings. The summed E-state index contributed by atoms with van der Waals surface area (Å²) in [6.45, 7) is 5.09. The second-order valence-electron chi connectivity index (χ2n) is 5.10. The van der Waals surface area contributed by atoms with Crippen LogP contribution in [0.25, 0.3) is 0 Å². The Morgan fingerprint density at radius 2 is 1.95 bits per heavy atom. The molecule has 112 valence electrons. The summed E-state index contributed by atoms with van der Waals surface area (Å²) in [6.07, 6.45) is 5.55. The summed E-state index contributed by atoms with van der Waals surface area (Å²) in [7, 11) is -0.620. The van der Waals surface area contributed by atoms with Gasteiger partial charge in [0.05, 0.1) is 0 Å². The lowest BCUT2D eigenvalue weighted by atomic mass is 10.1. The number of nitrogens with one attached hydrogen (secondary N) is 2. The first-order valence-corrected chi connectivity index (χ1v) is 8.92. The fourth-order valence-corrected chi connectivity index (χ4v) is 3.77. The van der Waals surface area contributed by atoms with Crippen molar-refractivity contribution in [3.8, 4) is 0 Å². The zero-order valence-corrected chi connectivity index (χ0v) is 13.1. The number of anilines is 2. The average Bonchev–Trinajstić information content (AvgIpc) is 2.45. The van der Waals surface area contributed by atoms with E-state index in [2.05, 4.69) is 34.4 Å². The summed E-state index contributed by atoms with van der Waals surface area (Å²) in [6, 6.07) is 0.382. The lowest BCUT2D eigenvalue weighted by molar-refractivity contribution is 0.621. The van der Waals surface area contributed by atoms with E-state index in [-0.39, 0.29) is 0 Å². The molecule has 1 aliphatic rings. The molecular weight excluding hydrogens is 272 g/mol. The highest BCUT2D eigenvalue weighted by Crippen LogP contribution is 2.24. The van der Waals surface area contributed by atoms with Crippen LogP contribution in [0.15, 0.2) is 6.33 Å². The summed E-state index contributed by atoms with van der Waals surface area (Å²) >= 11 is 0. The Morgan fingerprint density at radius 1 is 1.25 bits per heavy atom. The molecule has 1 aliphatic heterocycles. The number of rotatable bonds is 6. The third-order valence-corrected chi connectivity index (χ3v) is 4.90. The minimum atomic E-state index is -0.620. The number of hydrogen-bond acceptors (Lipinski definition) is 5. The standard InChI is InChI=1S/C14H24N4OS/c1-3-5-12-13(15-4-2)16-10-17-14(12)18-11-6-8-20(19)9-7-11/h10-11H,3-9H2,1-2H3,(H2,15,16,17,18). The Kier molecular flexibility index (Phi) is 5.76. The smallest absolute Gasteiger partial charge is 0.134 e. The van der Waals surface area contributed by atoms with Crippen LogP contribution in [0.2, 0.25) is 0 Å². The SMILES string of the molecule is CCCc1c(NCC)ncnc1NC1CCS(=O)CC1. The maximum atomic E-state index is 11.4. The Balaban J connectivity index is 2.13. The normalized spacial score (nSPS) is 22.5. The molecule has 5 nitrogen and oxygen atoms in total. The summed E-state index contributed by atoms with van der Waals surface area (Å²) in [5.41, 5.74) is 1.17. The Hall–Kier alpha value is -1.17. The van der Waals surface area contributed by atoms with Crippen LogP contribution in [0.3, 0.4) is 0 Å². The van der Waals surface area contributed by atoms with Gasteiger partial charge in [-0.2, -0.15) is 0 Å². The van der Waals surface area contributed by atoms with Crippen molar-refractivity contribution in [3.05, 3.63) is 11.9 Å². The van der Waals surface area contributed by atoms with Crippen LogP contribution in [-0.2, 0) is 17.2 Å². The summed E-state index contributed by atoms with van der Waals surface area (Å²) < 4.78 is 11.4. The molecule has 1 saturated heterocycles. The molecule has 2 N–H and O–H groups in total. The minimum Gasteiger partial charge on any atom is -0.370 e. The van der Waals surface area contributed by atoms with Crippen LogP contribution in [-0.4, -0.2) is 38.3 Å². The van der Waals surface area contributed by atoms with Crippen LogP contribution in [0.4, 0.5) is 11.6 Å². The predicted octanol–water partition coefficient (Wildman–Crippen LogP) is 2.18. The molecule has 20 heavy (non-hydrogen) atoms. The van der Waals surface area contributed by atoms with Gasteiger partial charge < -0.3 is 10.6 Å². The van der Waals surface area contributed by atoms with Gasteiger partial charge in [-0.15, -0.1) is 0 Å². The van der Waals surface area contributed by atoms with E-state index < -0.39 is 10.8 Å². The Labute approximate surface area is 123 Å².